The monoisotopic (exact) mass is 309 g/mol. The fourth-order valence-corrected chi connectivity index (χ4v) is 3.24. The van der Waals surface area contributed by atoms with Gasteiger partial charge in [0.2, 0.25) is 0 Å². The molecule has 0 atom stereocenters. The van der Waals surface area contributed by atoms with E-state index in [1.165, 1.54) is 0 Å². The fourth-order valence-electron chi connectivity index (χ4n) is 1.89. The summed E-state index contributed by atoms with van der Waals surface area (Å²) in [6.07, 6.45) is 0. The van der Waals surface area contributed by atoms with Crippen LogP contribution in [0.3, 0.4) is 0 Å². The van der Waals surface area contributed by atoms with Gasteiger partial charge in [-0.2, -0.15) is 0 Å². The lowest BCUT2D eigenvalue weighted by Gasteiger charge is -2.14. The molecule has 0 fully saturated rings. The number of hydrogen-bond acceptors (Lipinski definition) is 2. The molecule has 2 aromatic carbocycles. The zero-order valence-corrected chi connectivity index (χ0v) is 13.1. The summed E-state index contributed by atoms with van der Waals surface area (Å²) in [5.74, 6) is 0. The number of anilines is 1. The molecule has 0 amide bonds. The molecule has 0 aromatic heterocycles. The van der Waals surface area contributed by atoms with E-state index in [0.717, 1.165) is 16.7 Å². The third-order valence-corrected chi connectivity index (χ3v) is 4.95. The molecule has 0 aliphatic heterocycles. The minimum absolute atomic E-state index is 0.238. The first-order valence-electron chi connectivity index (χ1n) is 6.16. The van der Waals surface area contributed by atoms with Crippen LogP contribution in [0.25, 0.3) is 0 Å². The van der Waals surface area contributed by atoms with E-state index >= 15 is 0 Å². The molecule has 106 valence electrons. The number of benzene rings is 2. The van der Waals surface area contributed by atoms with E-state index in [9.17, 15) is 8.42 Å². The van der Waals surface area contributed by atoms with Crippen LogP contribution in [-0.4, -0.2) is 8.42 Å². The number of aryl methyl sites for hydroxylation is 2. The van der Waals surface area contributed by atoms with Crippen molar-refractivity contribution in [2.75, 3.05) is 4.72 Å². The Morgan fingerprint density at radius 1 is 0.950 bits per heavy atom. The molecule has 3 nitrogen and oxygen atoms in total. The number of sulfonamides is 1. The molecule has 2 aromatic rings. The van der Waals surface area contributed by atoms with Crippen LogP contribution in [0.2, 0.25) is 5.02 Å². The number of nitrogens with one attached hydrogen (secondary N) is 1. The number of rotatable bonds is 3. The van der Waals surface area contributed by atoms with Crippen LogP contribution in [0.15, 0.2) is 41.3 Å². The smallest absolute Gasteiger partial charge is 0.261 e. The molecule has 1 N–H and O–H groups in total. The first-order chi connectivity index (χ1) is 9.31. The molecule has 0 aliphatic rings. The Morgan fingerprint density at radius 3 is 2.15 bits per heavy atom. The molecule has 0 heterocycles. The van der Waals surface area contributed by atoms with Crippen molar-refractivity contribution in [1.29, 1.82) is 0 Å². The predicted octanol–water partition coefficient (Wildman–Crippen LogP) is 4.07. The van der Waals surface area contributed by atoms with Crippen molar-refractivity contribution in [2.24, 2.45) is 0 Å². The zero-order chi connectivity index (χ0) is 14.9. The summed E-state index contributed by atoms with van der Waals surface area (Å²) in [7, 11) is -3.60. The lowest BCUT2D eigenvalue weighted by atomic mass is 10.1. The second kappa shape index (κ2) is 5.46. The molecular formula is C15H16ClNO2S. The first kappa shape index (κ1) is 14.9. The van der Waals surface area contributed by atoms with Gasteiger partial charge in [0, 0.05) is 5.02 Å². The summed E-state index contributed by atoms with van der Waals surface area (Å²) in [5, 5.41) is 0.539. The maximum absolute atomic E-state index is 12.4. The lowest BCUT2D eigenvalue weighted by Crippen LogP contribution is -2.14. The van der Waals surface area contributed by atoms with Gasteiger partial charge in [-0.3, -0.25) is 4.72 Å². The molecule has 0 saturated carbocycles. The van der Waals surface area contributed by atoms with Crippen LogP contribution in [0.1, 0.15) is 16.7 Å². The first-order valence-corrected chi connectivity index (χ1v) is 8.02. The Kier molecular flexibility index (Phi) is 4.06. The summed E-state index contributed by atoms with van der Waals surface area (Å²) in [6.45, 7) is 5.55. The van der Waals surface area contributed by atoms with Crippen LogP contribution < -0.4 is 4.72 Å². The summed E-state index contributed by atoms with van der Waals surface area (Å²) < 4.78 is 27.4. The van der Waals surface area contributed by atoms with Crippen molar-refractivity contribution < 1.29 is 8.42 Å². The average Bonchev–Trinajstić information content (AvgIpc) is 2.40. The third-order valence-electron chi connectivity index (χ3n) is 3.17. The fraction of sp³-hybridized carbons (Fsp3) is 0.200. The molecule has 5 heteroatoms. The maximum Gasteiger partial charge on any atom is 0.261 e. The zero-order valence-electron chi connectivity index (χ0n) is 11.6. The molecule has 0 spiro atoms. The van der Waals surface area contributed by atoms with Crippen LogP contribution in [-0.2, 0) is 10.0 Å². The largest absolute Gasteiger partial charge is 0.279 e. The minimum atomic E-state index is -3.60. The van der Waals surface area contributed by atoms with Gasteiger partial charge in [0.15, 0.2) is 0 Å². The van der Waals surface area contributed by atoms with Gasteiger partial charge in [-0.1, -0.05) is 35.4 Å². The average molecular weight is 310 g/mol. The van der Waals surface area contributed by atoms with Gasteiger partial charge in [0.25, 0.3) is 10.0 Å². The van der Waals surface area contributed by atoms with Crippen molar-refractivity contribution in [3.63, 3.8) is 0 Å². The molecule has 0 bridgehead atoms. The minimum Gasteiger partial charge on any atom is -0.279 e. The Labute approximate surface area is 124 Å². The molecule has 0 radical (unpaired) electrons. The van der Waals surface area contributed by atoms with Crippen LogP contribution in [0.5, 0.6) is 0 Å². The van der Waals surface area contributed by atoms with Crippen molar-refractivity contribution in [3.8, 4) is 0 Å². The summed E-state index contributed by atoms with van der Waals surface area (Å²) in [6, 6.07) is 10.3. The highest BCUT2D eigenvalue weighted by atomic mass is 35.5. The SMILES string of the molecule is Cc1ccc(S(=O)(=O)Nc2c(C)ccc(Cl)c2C)cc1. The van der Waals surface area contributed by atoms with E-state index in [4.69, 9.17) is 11.6 Å². The molecule has 20 heavy (non-hydrogen) atoms. The van der Waals surface area contributed by atoms with Crippen molar-refractivity contribution >= 4 is 27.3 Å². The molecule has 2 rings (SSSR count). The van der Waals surface area contributed by atoms with Crippen molar-refractivity contribution in [2.45, 2.75) is 25.7 Å². The van der Waals surface area contributed by atoms with E-state index in [1.807, 2.05) is 13.8 Å². The van der Waals surface area contributed by atoms with Gasteiger partial charge in [-0.25, -0.2) is 8.42 Å². The molecule has 0 unspecified atom stereocenters. The van der Waals surface area contributed by atoms with Gasteiger partial charge < -0.3 is 0 Å². The standard InChI is InChI=1S/C15H16ClNO2S/c1-10-4-7-13(8-5-10)20(18,19)17-15-11(2)6-9-14(16)12(15)3/h4-9,17H,1-3H3. The highest BCUT2D eigenvalue weighted by Crippen LogP contribution is 2.29. The van der Waals surface area contributed by atoms with Gasteiger partial charge in [-0.15, -0.1) is 0 Å². The summed E-state index contributed by atoms with van der Waals surface area (Å²) >= 11 is 6.05. The Bertz CT molecular complexity index is 737. The summed E-state index contributed by atoms with van der Waals surface area (Å²) in [4.78, 5) is 0.238. The molecular weight excluding hydrogens is 294 g/mol. The van der Waals surface area contributed by atoms with Crippen LogP contribution in [0.4, 0.5) is 5.69 Å². The second-order valence-electron chi connectivity index (χ2n) is 4.78. The predicted molar refractivity (Wildman–Crippen MR) is 82.9 cm³/mol. The molecule has 0 aliphatic carbocycles. The quantitative estimate of drug-likeness (QED) is 0.929. The topological polar surface area (TPSA) is 46.2 Å². The molecule has 0 saturated heterocycles. The third kappa shape index (κ3) is 2.97. The van der Waals surface area contributed by atoms with Crippen molar-refractivity contribution in [1.82, 2.24) is 0 Å². The van der Waals surface area contributed by atoms with Crippen LogP contribution in [0, 0.1) is 20.8 Å². The van der Waals surface area contributed by atoms with Gasteiger partial charge in [0.1, 0.15) is 0 Å². The highest BCUT2D eigenvalue weighted by molar-refractivity contribution is 7.92. The Morgan fingerprint density at radius 2 is 1.55 bits per heavy atom. The van der Waals surface area contributed by atoms with E-state index in [2.05, 4.69) is 4.72 Å². The number of hydrogen-bond donors (Lipinski definition) is 1. The van der Waals surface area contributed by atoms with Gasteiger partial charge in [0.05, 0.1) is 10.6 Å². The van der Waals surface area contributed by atoms with E-state index < -0.39 is 10.0 Å². The Hall–Kier alpha value is -1.52. The second-order valence-corrected chi connectivity index (χ2v) is 6.87. The Balaban J connectivity index is 2.43. The van der Waals surface area contributed by atoms with Crippen molar-refractivity contribution in [3.05, 3.63) is 58.1 Å². The van der Waals surface area contributed by atoms with E-state index in [1.54, 1.807) is 43.3 Å². The number of halogens is 1. The highest BCUT2D eigenvalue weighted by Gasteiger charge is 2.17. The van der Waals surface area contributed by atoms with Crippen LogP contribution >= 0.6 is 11.6 Å². The van der Waals surface area contributed by atoms with E-state index in [0.29, 0.717) is 10.7 Å². The maximum atomic E-state index is 12.4. The van der Waals surface area contributed by atoms with Gasteiger partial charge >= 0.3 is 0 Å². The van der Waals surface area contributed by atoms with Gasteiger partial charge in [-0.05, 0) is 50.1 Å². The van der Waals surface area contributed by atoms with E-state index in [-0.39, 0.29) is 4.90 Å². The summed E-state index contributed by atoms with van der Waals surface area (Å²) in [5.41, 5.74) is 3.11. The lowest BCUT2D eigenvalue weighted by molar-refractivity contribution is 0.601. The normalized spacial score (nSPS) is 11.4.